The van der Waals surface area contributed by atoms with Crippen molar-refractivity contribution in [1.82, 2.24) is 9.21 Å². The molecule has 0 aromatic rings. The summed E-state index contributed by atoms with van der Waals surface area (Å²) in [6.45, 7) is 2.66. The molecule has 0 spiro atoms. The van der Waals surface area contributed by atoms with Crippen molar-refractivity contribution in [3.63, 3.8) is 0 Å². The van der Waals surface area contributed by atoms with Crippen LogP contribution in [0.25, 0.3) is 0 Å². The van der Waals surface area contributed by atoms with Crippen LogP contribution in [0.3, 0.4) is 0 Å². The third-order valence-electron chi connectivity index (χ3n) is 3.36. The lowest BCUT2D eigenvalue weighted by molar-refractivity contribution is 0.196. The van der Waals surface area contributed by atoms with Crippen molar-refractivity contribution in [3.8, 4) is 0 Å². The van der Waals surface area contributed by atoms with Crippen molar-refractivity contribution < 1.29 is 8.42 Å². The summed E-state index contributed by atoms with van der Waals surface area (Å²) < 4.78 is 25.8. The maximum absolute atomic E-state index is 12.1. The Morgan fingerprint density at radius 2 is 1.88 bits per heavy atom. The Balaban J connectivity index is 2.68. The quantitative estimate of drug-likeness (QED) is 0.735. The molecule has 0 aromatic carbocycles. The fraction of sp³-hybridized carbons (Fsp3) is 0.900. The number of piperidine rings is 1. The molecule has 1 heterocycles. The molecule has 100 valence electrons. The summed E-state index contributed by atoms with van der Waals surface area (Å²) in [5.74, 6) is 0. The maximum atomic E-state index is 12.1. The van der Waals surface area contributed by atoms with Gasteiger partial charge in [0.2, 0.25) is 10.0 Å². The van der Waals surface area contributed by atoms with Gasteiger partial charge in [0.1, 0.15) is 5.25 Å². The summed E-state index contributed by atoms with van der Waals surface area (Å²) in [5.41, 5.74) is 5.42. The number of hydrogen-bond acceptors (Lipinski definition) is 4. The van der Waals surface area contributed by atoms with Crippen LogP contribution in [0.2, 0.25) is 0 Å². The summed E-state index contributed by atoms with van der Waals surface area (Å²) in [6, 6.07) is 0.460. The van der Waals surface area contributed by atoms with Gasteiger partial charge in [-0.1, -0.05) is 12.2 Å². The number of sulfonamides is 1. The van der Waals surface area contributed by atoms with E-state index >= 15 is 0 Å². The molecule has 7 heteroatoms. The highest BCUT2D eigenvalue weighted by molar-refractivity contribution is 7.92. The first-order valence-electron chi connectivity index (χ1n) is 5.71. The van der Waals surface area contributed by atoms with E-state index in [4.69, 9.17) is 18.0 Å². The molecule has 1 fully saturated rings. The van der Waals surface area contributed by atoms with Gasteiger partial charge in [-0.3, -0.25) is 0 Å². The lowest BCUT2D eigenvalue weighted by Crippen LogP contribution is -2.49. The summed E-state index contributed by atoms with van der Waals surface area (Å²) in [5, 5.41) is -0.770. The van der Waals surface area contributed by atoms with Gasteiger partial charge in [0, 0.05) is 19.1 Å². The van der Waals surface area contributed by atoms with E-state index in [0.717, 1.165) is 12.8 Å². The highest BCUT2D eigenvalue weighted by atomic mass is 32.2. The topological polar surface area (TPSA) is 66.6 Å². The van der Waals surface area contributed by atoms with Crippen molar-refractivity contribution >= 4 is 27.2 Å². The first-order chi connectivity index (χ1) is 7.76. The Kier molecular flexibility index (Phi) is 4.88. The van der Waals surface area contributed by atoms with Gasteiger partial charge in [-0.25, -0.2) is 12.7 Å². The minimum atomic E-state index is -3.36. The van der Waals surface area contributed by atoms with Crippen LogP contribution in [-0.2, 0) is 10.0 Å². The fourth-order valence-corrected chi connectivity index (χ4v) is 3.81. The summed E-state index contributed by atoms with van der Waals surface area (Å²) in [4.78, 5) is 2.18. The average molecular weight is 279 g/mol. The van der Waals surface area contributed by atoms with Crippen LogP contribution >= 0.6 is 12.2 Å². The normalized spacial score (nSPS) is 21.6. The second-order valence-electron chi connectivity index (χ2n) is 4.68. The molecule has 5 nitrogen and oxygen atoms in total. The molecule has 2 N–H and O–H groups in total. The predicted octanol–water partition coefficient (Wildman–Crippen LogP) is 0.0168. The summed E-state index contributed by atoms with van der Waals surface area (Å²) in [6.07, 6.45) is 1.71. The van der Waals surface area contributed by atoms with E-state index in [1.807, 2.05) is 14.1 Å². The number of nitrogens with two attached hydrogens (primary N) is 1. The zero-order chi connectivity index (χ0) is 13.2. The zero-order valence-electron chi connectivity index (χ0n) is 10.6. The highest BCUT2D eigenvalue weighted by Gasteiger charge is 2.33. The lowest BCUT2D eigenvalue weighted by Gasteiger charge is -2.35. The molecule has 0 bridgehead atoms. The van der Waals surface area contributed by atoms with Gasteiger partial charge < -0.3 is 10.6 Å². The number of rotatable bonds is 4. The predicted molar refractivity (Wildman–Crippen MR) is 73.4 cm³/mol. The van der Waals surface area contributed by atoms with Gasteiger partial charge in [-0.2, -0.15) is 0 Å². The van der Waals surface area contributed by atoms with Gasteiger partial charge in [-0.05, 0) is 33.9 Å². The van der Waals surface area contributed by atoms with Gasteiger partial charge in [0.05, 0.1) is 4.99 Å². The van der Waals surface area contributed by atoms with Crippen LogP contribution in [-0.4, -0.2) is 61.1 Å². The Labute approximate surface area is 109 Å². The maximum Gasteiger partial charge on any atom is 0.223 e. The third kappa shape index (κ3) is 3.37. The molecule has 17 heavy (non-hydrogen) atoms. The van der Waals surface area contributed by atoms with Crippen molar-refractivity contribution in [1.29, 1.82) is 0 Å². The number of thiocarbonyl (C=S) groups is 1. The number of hydrogen-bond donors (Lipinski definition) is 1. The molecule has 0 amide bonds. The monoisotopic (exact) mass is 279 g/mol. The molecular formula is C10H21N3O2S2. The second-order valence-corrected chi connectivity index (χ2v) is 7.41. The molecule has 1 atom stereocenters. The van der Waals surface area contributed by atoms with Gasteiger partial charge in [-0.15, -0.1) is 0 Å². The minimum absolute atomic E-state index is 0.0414. The van der Waals surface area contributed by atoms with Crippen molar-refractivity contribution in [2.45, 2.75) is 31.1 Å². The molecule has 0 saturated carbocycles. The first kappa shape index (κ1) is 14.8. The Hall–Kier alpha value is -0.240. The van der Waals surface area contributed by atoms with Crippen LogP contribution in [0.4, 0.5) is 0 Å². The molecule has 1 unspecified atom stereocenters. The van der Waals surface area contributed by atoms with E-state index in [1.165, 1.54) is 4.31 Å². The van der Waals surface area contributed by atoms with Crippen LogP contribution in [0.1, 0.15) is 19.8 Å². The van der Waals surface area contributed by atoms with Gasteiger partial charge >= 0.3 is 0 Å². The molecule has 0 aromatic heterocycles. The minimum Gasteiger partial charge on any atom is -0.392 e. The van der Waals surface area contributed by atoms with Crippen LogP contribution < -0.4 is 5.73 Å². The number of nitrogens with zero attached hydrogens (tertiary/aromatic N) is 2. The van der Waals surface area contributed by atoms with E-state index < -0.39 is 15.3 Å². The van der Waals surface area contributed by atoms with Crippen LogP contribution in [0.15, 0.2) is 0 Å². The smallest absolute Gasteiger partial charge is 0.223 e. The fourth-order valence-electron chi connectivity index (χ4n) is 1.98. The highest BCUT2D eigenvalue weighted by Crippen LogP contribution is 2.19. The SMILES string of the molecule is CC(C(N)=S)S(=O)(=O)N1CCC(N(C)C)CC1. The van der Waals surface area contributed by atoms with E-state index in [0.29, 0.717) is 19.1 Å². The van der Waals surface area contributed by atoms with E-state index in [1.54, 1.807) is 6.92 Å². The van der Waals surface area contributed by atoms with Crippen molar-refractivity contribution in [2.24, 2.45) is 5.73 Å². The van der Waals surface area contributed by atoms with Crippen LogP contribution in [0.5, 0.6) is 0 Å². The molecule has 0 radical (unpaired) electrons. The molecular weight excluding hydrogens is 258 g/mol. The van der Waals surface area contributed by atoms with E-state index in [2.05, 4.69) is 4.90 Å². The molecule has 1 aliphatic rings. The van der Waals surface area contributed by atoms with Crippen molar-refractivity contribution in [3.05, 3.63) is 0 Å². The third-order valence-corrected chi connectivity index (χ3v) is 6.10. The molecule has 1 rings (SSSR count). The Morgan fingerprint density at radius 1 is 1.41 bits per heavy atom. The molecule has 1 saturated heterocycles. The van der Waals surface area contributed by atoms with Crippen LogP contribution in [0, 0.1) is 0 Å². The Bertz CT molecular complexity index is 373. The lowest BCUT2D eigenvalue weighted by atomic mass is 10.1. The van der Waals surface area contributed by atoms with Gasteiger partial charge in [0.15, 0.2) is 0 Å². The van der Waals surface area contributed by atoms with E-state index in [9.17, 15) is 8.42 Å². The first-order valence-corrected chi connectivity index (χ1v) is 7.62. The zero-order valence-corrected chi connectivity index (χ0v) is 12.2. The standard InChI is InChI=1S/C10H21N3O2S2/c1-8(10(11)16)17(14,15)13-6-4-9(5-7-13)12(2)3/h8-9H,4-7H2,1-3H3,(H2,11,16). The molecule has 1 aliphatic heterocycles. The summed E-state index contributed by atoms with van der Waals surface area (Å²) in [7, 11) is 0.679. The summed E-state index contributed by atoms with van der Waals surface area (Å²) >= 11 is 4.76. The largest absolute Gasteiger partial charge is 0.392 e. The Morgan fingerprint density at radius 3 is 2.24 bits per heavy atom. The van der Waals surface area contributed by atoms with E-state index in [-0.39, 0.29) is 4.99 Å². The molecule has 0 aliphatic carbocycles. The second kappa shape index (κ2) is 5.60. The average Bonchev–Trinajstić information content (AvgIpc) is 2.27. The van der Waals surface area contributed by atoms with Crippen molar-refractivity contribution in [2.75, 3.05) is 27.2 Å². The van der Waals surface area contributed by atoms with Gasteiger partial charge in [0.25, 0.3) is 0 Å².